The van der Waals surface area contributed by atoms with Crippen LogP contribution in [0, 0.1) is 0 Å². The third kappa shape index (κ3) is 3.31. The van der Waals surface area contributed by atoms with Crippen molar-refractivity contribution in [3.05, 3.63) is 42.0 Å². The predicted octanol–water partition coefficient (Wildman–Crippen LogP) is 0.934. The van der Waals surface area contributed by atoms with Crippen LogP contribution in [-0.4, -0.2) is 71.3 Å². The standard InChI is InChI=1S/C18H21N7O2/c1-3-15(23-7-10-26-11-8-23)4-2-14(1)16-13-24(9-12-27-16)18-6-5-17-19-21-22-25(17)20-18/h1-6,16H,7-13H2. The number of morpholine rings is 2. The van der Waals surface area contributed by atoms with Crippen molar-refractivity contribution >= 4 is 17.2 Å². The molecule has 0 saturated carbocycles. The SMILES string of the molecule is c1cc(N2CCOCC2)ccc1C1CN(c2ccc3nnnn3n2)CCO1. The van der Waals surface area contributed by atoms with Gasteiger partial charge in [-0.25, -0.2) is 0 Å². The number of benzene rings is 1. The number of nitrogens with zero attached hydrogens (tertiary/aromatic N) is 7. The van der Waals surface area contributed by atoms with Crippen molar-refractivity contribution in [1.82, 2.24) is 25.3 Å². The summed E-state index contributed by atoms with van der Waals surface area (Å²) in [6.45, 7) is 5.67. The van der Waals surface area contributed by atoms with E-state index in [9.17, 15) is 0 Å². The van der Waals surface area contributed by atoms with Crippen LogP contribution in [0.5, 0.6) is 0 Å². The summed E-state index contributed by atoms with van der Waals surface area (Å²) in [5.74, 6) is 0.855. The summed E-state index contributed by atoms with van der Waals surface area (Å²) in [7, 11) is 0. The second kappa shape index (κ2) is 7.09. The monoisotopic (exact) mass is 367 g/mol. The molecule has 27 heavy (non-hydrogen) atoms. The Balaban J connectivity index is 1.31. The molecule has 140 valence electrons. The van der Waals surface area contributed by atoms with E-state index in [4.69, 9.17) is 9.47 Å². The summed E-state index contributed by atoms with van der Waals surface area (Å²) < 4.78 is 12.9. The van der Waals surface area contributed by atoms with Gasteiger partial charge in [0.1, 0.15) is 6.10 Å². The Morgan fingerprint density at radius 3 is 2.56 bits per heavy atom. The molecule has 2 saturated heterocycles. The molecule has 2 fully saturated rings. The van der Waals surface area contributed by atoms with Crippen LogP contribution < -0.4 is 9.80 Å². The van der Waals surface area contributed by atoms with Gasteiger partial charge in [-0.1, -0.05) is 12.1 Å². The minimum Gasteiger partial charge on any atom is -0.378 e. The van der Waals surface area contributed by atoms with E-state index in [1.54, 1.807) is 0 Å². The van der Waals surface area contributed by atoms with Crippen LogP contribution >= 0.6 is 0 Å². The fraction of sp³-hybridized carbons (Fsp3) is 0.444. The second-order valence-electron chi connectivity index (χ2n) is 6.71. The van der Waals surface area contributed by atoms with Gasteiger partial charge in [0.2, 0.25) is 0 Å². The number of fused-ring (bicyclic) bond motifs is 1. The summed E-state index contributed by atoms with van der Waals surface area (Å²) in [6.07, 6.45) is 0.0175. The minimum atomic E-state index is 0.0175. The molecule has 1 unspecified atom stereocenters. The second-order valence-corrected chi connectivity index (χ2v) is 6.71. The van der Waals surface area contributed by atoms with E-state index in [1.165, 1.54) is 15.9 Å². The van der Waals surface area contributed by atoms with E-state index in [-0.39, 0.29) is 6.10 Å². The first-order chi connectivity index (χ1) is 13.4. The van der Waals surface area contributed by atoms with Gasteiger partial charge in [0, 0.05) is 31.9 Å². The first-order valence-electron chi connectivity index (χ1n) is 9.21. The Bertz CT molecular complexity index is 907. The minimum absolute atomic E-state index is 0.0175. The Labute approximate surface area is 156 Å². The third-order valence-corrected chi connectivity index (χ3v) is 5.09. The van der Waals surface area contributed by atoms with Crippen molar-refractivity contribution in [2.24, 2.45) is 0 Å². The average molecular weight is 367 g/mol. The molecule has 1 atom stereocenters. The number of ether oxygens (including phenoxy) is 2. The predicted molar refractivity (Wildman–Crippen MR) is 99.0 cm³/mol. The van der Waals surface area contributed by atoms with Gasteiger partial charge in [-0.2, -0.15) is 0 Å². The lowest BCUT2D eigenvalue weighted by molar-refractivity contribution is 0.0394. The fourth-order valence-corrected chi connectivity index (χ4v) is 3.59. The van der Waals surface area contributed by atoms with Crippen LogP contribution in [0.4, 0.5) is 11.5 Å². The highest BCUT2D eigenvalue weighted by molar-refractivity contribution is 5.49. The molecule has 9 heteroatoms. The molecule has 2 aliphatic heterocycles. The molecule has 1 aromatic carbocycles. The summed E-state index contributed by atoms with van der Waals surface area (Å²) in [5, 5.41) is 15.9. The third-order valence-electron chi connectivity index (χ3n) is 5.09. The largest absolute Gasteiger partial charge is 0.378 e. The number of hydrogen-bond acceptors (Lipinski definition) is 8. The number of hydrogen-bond donors (Lipinski definition) is 0. The van der Waals surface area contributed by atoms with Crippen LogP contribution in [0.3, 0.4) is 0 Å². The van der Waals surface area contributed by atoms with Gasteiger partial charge in [0.15, 0.2) is 11.5 Å². The van der Waals surface area contributed by atoms with Crippen LogP contribution in [-0.2, 0) is 9.47 Å². The molecule has 2 aliphatic rings. The van der Waals surface area contributed by atoms with E-state index in [2.05, 4.69) is 54.7 Å². The molecule has 5 rings (SSSR count). The Kier molecular flexibility index (Phi) is 4.30. The van der Waals surface area contributed by atoms with Gasteiger partial charge in [-0.15, -0.1) is 14.8 Å². The van der Waals surface area contributed by atoms with Gasteiger partial charge in [0.25, 0.3) is 0 Å². The molecule has 0 spiro atoms. The number of aromatic nitrogens is 5. The molecule has 9 nitrogen and oxygen atoms in total. The summed E-state index contributed by atoms with van der Waals surface area (Å²) >= 11 is 0. The normalized spacial score (nSPS) is 21.0. The van der Waals surface area contributed by atoms with E-state index >= 15 is 0 Å². The molecule has 3 aromatic rings. The molecular formula is C18H21N7O2. The number of tetrazole rings is 1. The lowest BCUT2D eigenvalue weighted by Gasteiger charge is -2.34. The zero-order valence-electron chi connectivity index (χ0n) is 14.9. The number of rotatable bonds is 3. The van der Waals surface area contributed by atoms with Gasteiger partial charge in [-0.05, 0) is 40.3 Å². The van der Waals surface area contributed by atoms with Crippen LogP contribution in [0.25, 0.3) is 5.65 Å². The van der Waals surface area contributed by atoms with Crippen molar-refractivity contribution in [1.29, 1.82) is 0 Å². The molecule has 2 aromatic heterocycles. The van der Waals surface area contributed by atoms with Gasteiger partial charge in [0.05, 0.1) is 19.8 Å². The Hall–Kier alpha value is -2.78. The van der Waals surface area contributed by atoms with Crippen molar-refractivity contribution in [2.45, 2.75) is 6.10 Å². The molecule has 4 heterocycles. The van der Waals surface area contributed by atoms with Gasteiger partial charge < -0.3 is 19.3 Å². The van der Waals surface area contributed by atoms with Crippen LogP contribution in [0.15, 0.2) is 36.4 Å². The van der Waals surface area contributed by atoms with E-state index in [1.807, 2.05) is 12.1 Å². The van der Waals surface area contributed by atoms with Crippen molar-refractivity contribution in [3.8, 4) is 0 Å². The fourth-order valence-electron chi connectivity index (χ4n) is 3.59. The maximum Gasteiger partial charge on any atom is 0.200 e. The molecule has 0 N–H and O–H groups in total. The lowest BCUT2D eigenvalue weighted by Crippen LogP contribution is -2.39. The van der Waals surface area contributed by atoms with Crippen LogP contribution in [0.2, 0.25) is 0 Å². The zero-order valence-corrected chi connectivity index (χ0v) is 14.9. The highest BCUT2D eigenvalue weighted by atomic mass is 16.5. The zero-order chi connectivity index (χ0) is 18.1. The molecule has 0 radical (unpaired) electrons. The van der Waals surface area contributed by atoms with E-state index in [0.717, 1.165) is 45.2 Å². The average Bonchev–Trinajstić information content (AvgIpc) is 3.22. The quantitative estimate of drug-likeness (QED) is 0.676. The maximum atomic E-state index is 6.02. The number of anilines is 2. The highest BCUT2D eigenvalue weighted by Crippen LogP contribution is 2.27. The lowest BCUT2D eigenvalue weighted by atomic mass is 10.1. The Morgan fingerprint density at radius 1 is 0.889 bits per heavy atom. The molecule has 0 bridgehead atoms. The first-order valence-corrected chi connectivity index (χ1v) is 9.21. The van der Waals surface area contributed by atoms with Crippen molar-refractivity contribution in [2.75, 3.05) is 55.8 Å². The summed E-state index contributed by atoms with van der Waals surface area (Å²) in [4.78, 5) is 4.57. The first kappa shape index (κ1) is 16.4. The van der Waals surface area contributed by atoms with Crippen molar-refractivity contribution < 1.29 is 9.47 Å². The van der Waals surface area contributed by atoms with E-state index < -0.39 is 0 Å². The van der Waals surface area contributed by atoms with Crippen molar-refractivity contribution in [3.63, 3.8) is 0 Å². The van der Waals surface area contributed by atoms with Gasteiger partial charge in [-0.3, -0.25) is 0 Å². The summed E-state index contributed by atoms with van der Waals surface area (Å²) in [5.41, 5.74) is 3.06. The maximum absolute atomic E-state index is 6.02. The smallest absolute Gasteiger partial charge is 0.200 e. The molecule has 0 amide bonds. The highest BCUT2D eigenvalue weighted by Gasteiger charge is 2.24. The Morgan fingerprint density at radius 2 is 1.70 bits per heavy atom. The van der Waals surface area contributed by atoms with Crippen LogP contribution in [0.1, 0.15) is 11.7 Å². The van der Waals surface area contributed by atoms with Gasteiger partial charge >= 0.3 is 0 Å². The topological polar surface area (TPSA) is 80.9 Å². The molecule has 0 aliphatic carbocycles. The van der Waals surface area contributed by atoms with E-state index in [0.29, 0.717) is 12.3 Å². The summed E-state index contributed by atoms with van der Waals surface area (Å²) in [6, 6.07) is 12.5. The molecular weight excluding hydrogens is 346 g/mol.